The molecule has 0 aromatic carbocycles. The van der Waals surface area contributed by atoms with E-state index in [2.05, 4.69) is 10.3 Å². The largest absolute Gasteiger partial charge is 0.299 e. The minimum Gasteiger partial charge on any atom is -0.299 e. The van der Waals surface area contributed by atoms with Crippen molar-refractivity contribution >= 4 is 11.8 Å². The highest BCUT2D eigenvalue weighted by Gasteiger charge is 2.32. The standard InChI is InChI=1S/C13H17N3O2/c1-9(10-4-3-7-14-8-10)15-11-5-6-12(17)16(2)13(11)18/h3-4,7-9,11,15H,5-6H2,1-2H3. The summed E-state index contributed by atoms with van der Waals surface area (Å²) in [4.78, 5) is 28.6. The van der Waals surface area contributed by atoms with Crippen LogP contribution in [0.5, 0.6) is 0 Å². The van der Waals surface area contributed by atoms with Gasteiger partial charge in [0.15, 0.2) is 0 Å². The van der Waals surface area contributed by atoms with E-state index >= 15 is 0 Å². The average Bonchev–Trinajstić information content (AvgIpc) is 2.40. The summed E-state index contributed by atoms with van der Waals surface area (Å²) in [5.74, 6) is -0.255. The zero-order chi connectivity index (χ0) is 13.1. The number of likely N-dealkylation sites (tertiary alicyclic amines) is 1. The van der Waals surface area contributed by atoms with Gasteiger partial charge in [-0.3, -0.25) is 24.8 Å². The predicted octanol–water partition coefficient (Wildman–Crippen LogP) is 0.880. The monoisotopic (exact) mass is 247 g/mol. The fourth-order valence-electron chi connectivity index (χ4n) is 2.10. The molecule has 1 aliphatic heterocycles. The van der Waals surface area contributed by atoms with Gasteiger partial charge in [0, 0.05) is 31.9 Å². The second-order valence-electron chi connectivity index (χ2n) is 4.56. The zero-order valence-corrected chi connectivity index (χ0v) is 10.6. The molecule has 0 saturated carbocycles. The molecule has 2 atom stereocenters. The number of rotatable bonds is 3. The maximum absolute atomic E-state index is 11.9. The topological polar surface area (TPSA) is 62.3 Å². The Morgan fingerprint density at radius 3 is 2.94 bits per heavy atom. The van der Waals surface area contributed by atoms with Gasteiger partial charge in [0.05, 0.1) is 6.04 Å². The van der Waals surface area contributed by atoms with E-state index < -0.39 is 0 Å². The molecule has 2 unspecified atom stereocenters. The summed E-state index contributed by atoms with van der Waals surface area (Å²) >= 11 is 0. The van der Waals surface area contributed by atoms with Crippen molar-refractivity contribution in [2.45, 2.75) is 31.8 Å². The number of hydrogen-bond acceptors (Lipinski definition) is 4. The summed E-state index contributed by atoms with van der Waals surface area (Å²) in [6, 6.07) is 3.58. The van der Waals surface area contributed by atoms with Gasteiger partial charge < -0.3 is 0 Å². The van der Waals surface area contributed by atoms with E-state index in [1.54, 1.807) is 12.4 Å². The maximum Gasteiger partial charge on any atom is 0.246 e. The molecule has 2 heterocycles. The fourth-order valence-corrected chi connectivity index (χ4v) is 2.10. The molecule has 18 heavy (non-hydrogen) atoms. The normalized spacial score (nSPS) is 22.1. The summed E-state index contributed by atoms with van der Waals surface area (Å²) in [7, 11) is 1.53. The van der Waals surface area contributed by atoms with Crippen molar-refractivity contribution in [3.8, 4) is 0 Å². The quantitative estimate of drug-likeness (QED) is 0.805. The Hall–Kier alpha value is -1.75. The van der Waals surface area contributed by atoms with Crippen molar-refractivity contribution in [3.05, 3.63) is 30.1 Å². The molecule has 1 saturated heterocycles. The number of hydrogen-bond donors (Lipinski definition) is 1. The summed E-state index contributed by atoms with van der Waals surface area (Å²) in [5, 5.41) is 3.25. The number of carbonyl (C=O) groups excluding carboxylic acids is 2. The maximum atomic E-state index is 11.9. The second kappa shape index (κ2) is 5.27. The van der Waals surface area contributed by atoms with Crippen LogP contribution in [0.25, 0.3) is 0 Å². The predicted molar refractivity (Wildman–Crippen MR) is 66.6 cm³/mol. The number of likely N-dealkylation sites (N-methyl/N-ethyl adjacent to an activating group) is 1. The summed E-state index contributed by atoms with van der Waals surface area (Å²) in [6.07, 6.45) is 4.47. The second-order valence-corrected chi connectivity index (χ2v) is 4.56. The number of amides is 2. The third-order valence-corrected chi connectivity index (χ3v) is 3.29. The molecule has 0 radical (unpaired) electrons. The number of carbonyl (C=O) groups is 2. The van der Waals surface area contributed by atoms with Gasteiger partial charge in [0.25, 0.3) is 0 Å². The molecule has 1 fully saturated rings. The van der Waals surface area contributed by atoms with Gasteiger partial charge in [-0.1, -0.05) is 6.07 Å². The molecule has 0 aliphatic carbocycles. The molecular weight excluding hydrogens is 230 g/mol. The van der Waals surface area contributed by atoms with Crippen molar-refractivity contribution in [1.82, 2.24) is 15.2 Å². The minimum atomic E-state index is -0.289. The Balaban J connectivity index is 2.02. The van der Waals surface area contributed by atoms with E-state index in [1.807, 2.05) is 19.1 Å². The molecule has 2 rings (SSSR count). The SMILES string of the molecule is CC(NC1CCC(=O)N(C)C1=O)c1cccnc1. The molecule has 0 spiro atoms. The average molecular weight is 247 g/mol. The highest BCUT2D eigenvalue weighted by Crippen LogP contribution is 2.17. The highest BCUT2D eigenvalue weighted by atomic mass is 16.2. The van der Waals surface area contributed by atoms with Crippen LogP contribution >= 0.6 is 0 Å². The highest BCUT2D eigenvalue weighted by molar-refractivity contribution is 6.00. The third-order valence-electron chi connectivity index (χ3n) is 3.29. The molecule has 1 N–H and O–H groups in total. The van der Waals surface area contributed by atoms with Gasteiger partial charge in [0.1, 0.15) is 0 Å². The Labute approximate surface area is 106 Å². The number of imide groups is 1. The van der Waals surface area contributed by atoms with Gasteiger partial charge in [-0.25, -0.2) is 0 Å². The number of nitrogens with one attached hydrogen (secondary N) is 1. The van der Waals surface area contributed by atoms with Crippen LogP contribution in [0.4, 0.5) is 0 Å². The first-order valence-electron chi connectivity index (χ1n) is 6.06. The van der Waals surface area contributed by atoms with Crippen molar-refractivity contribution in [3.63, 3.8) is 0 Å². The first-order chi connectivity index (χ1) is 8.59. The minimum absolute atomic E-state index is 0.0363. The molecule has 0 bridgehead atoms. The van der Waals surface area contributed by atoms with Gasteiger partial charge >= 0.3 is 0 Å². The number of pyridine rings is 1. The molecule has 1 aliphatic rings. The van der Waals surface area contributed by atoms with Crippen LogP contribution in [-0.4, -0.2) is 34.8 Å². The van der Waals surface area contributed by atoms with Crippen LogP contribution < -0.4 is 5.32 Å². The molecule has 96 valence electrons. The Bertz CT molecular complexity index is 447. The van der Waals surface area contributed by atoms with Crippen molar-refractivity contribution in [2.24, 2.45) is 0 Å². The molecule has 1 aromatic heterocycles. The lowest BCUT2D eigenvalue weighted by Crippen LogP contribution is -2.51. The van der Waals surface area contributed by atoms with E-state index in [1.165, 1.54) is 11.9 Å². The Morgan fingerprint density at radius 1 is 1.50 bits per heavy atom. The van der Waals surface area contributed by atoms with Gasteiger partial charge in [-0.2, -0.15) is 0 Å². The first kappa shape index (κ1) is 12.7. The van der Waals surface area contributed by atoms with Crippen LogP contribution in [0.2, 0.25) is 0 Å². The van der Waals surface area contributed by atoms with E-state index in [4.69, 9.17) is 0 Å². The summed E-state index contributed by atoms with van der Waals surface area (Å²) in [6.45, 7) is 1.99. The molecule has 2 amide bonds. The lowest BCUT2D eigenvalue weighted by Gasteiger charge is -2.30. The lowest BCUT2D eigenvalue weighted by atomic mass is 10.0. The van der Waals surface area contributed by atoms with Crippen LogP contribution in [0.15, 0.2) is 24.5 Å². The van der Waals surface area contributed by atoms with Crippen molar-refractivity contribution in [2.75, 3.05) is 7.05 Å². The summed E-state index contributed by atoms with van der Waals surface area (Å²) < 4.78 is 0. The Morgan fingerprint density at radius 2 is 2.28 bits per heavy atom. The van der Waals surface area contributed by atoms with Gasteiger partial charge in [-0.05, 0) is 25.0 Å². The van der Waals surface area contributed by atoms with Crippen LogP contribution in [0.3, 0.4) is 0 Å². The number of nitrogens with zero attached hydrogens (tertiary/aromatic N) is 2. The van der Waals surface area contributed by atoms with Gasteiger partial charge in [-0.15, -0.1) is 0 Å². The first-order valence-corrected chi connectivity index (χ1v) is 6.06. The third kappa shape index (κ3) is 2.56. The molecule has 5 heteroatoms. The van der Waals surface area contributed by atoms with E-state index in [9.17, 15) is 9.59 Å². The molecule has 1 aromatic rings. The smallest absolute Gasteiger partial charge is 0.246 e. The van der Waals surface area contributed by atoms with Crippen molar-refractivity contribution < 1.29 is 9.59 Å². The van der Waals surface area contributed by atoms with E-state index in [-0.39, 0.29) is 23.9 Å². The Kier molecular flexibility index (Phi) is 3.72. The number of piperidine rings is 1. The summed E-state index contributed by atoms with van der Waals surface area (Å²) in [5.41, 5.74) is 1.03. The molecular formula is C13H17N3O2. The zero-order valence-electron chi connectivity index (χ0n) is 10.6. The van der Waals surface area contributed by atoms with Crippen LogP contribution in [-0.2, 0) is 9.59 Å². The van der Waals surface area contributed by atoms with E-state index in [0.29, 0.717) is 12.8 Å². The van der Waals surface area contributed by atoms with Crippen molar-refractivity contribution in [1.29, 1.82) is 0 Å². The number of aromatic nitrogens is 1. The van der Waals surface area contributed by atoms with Crippen LogP contribution in [0.1, 0.15) is 31.4 Å². The van der Waals surface area contributed by atoms with Crippen LogP contribution in [0, 0.1) is 0 Å². The molecule has 5 nitrogen and oxygen atoms in total. The van der Waals surface area contributed by atoms with E-state index in [0.717, 1.165) is 5.56 Å². The fraction of sp³-hybridized carbons (Fsp3) is 0.462. The lowest BCUT2D eigenvalue weighted by molar-refractivity contribution is -0.148. The van der Waals surface area contributed by atoms with Gasteiger partial charge in [0.2, 0.25) is 11.8 Å².